The Hall–Kier alpha value is -1.10. The lowest BCUT2D eigenvalue weighted by Crippen LogP contribution is -2.37. The highest BCUT2D eigenvalue weighted by Gasteiger charge is 2.29. The normalized spacial score (nSPS) is 28.9. The minimum absolute atomic E-state index is 0.0782. The van der Waals surface area contributed by atoms with Gasteiger partial charge in [-0.3, -0.25) is 0 Å². The zero-order valence-corrected chi connectivity index (χ0v) is 13.4. The Kier molecular flexibility index (Phi) is 5.62. The minimum atomic E-state index is -0.123. The van der Waals surface area contributed by atoms with E-state index in [9.17, 15) is 0 Å². The van der Waals surface area contributed by atoms with Crippen molar-refractivity contribution in [3.8, 4) is 5.75 Å². The van der Waals surface area contributed by atoms with E-state index >= 15 is 0 Å². The van der Waals surface area contributed by atoms with Gasteiger partial charge in [0.1, 0.15) is 5.75 Å². The molecular weight excluding hydrogens is 266 g/mol. The highest BCUT2D eigenvalue weighted by atomic mass is 16.5. The molecule has 21 heavy (non-hydrogen) atoms. The Morgan fingerprint density at radius 2 is 1.90 bits per heavy atom. The average molecular weight is 293 g/mol. The van der Waals surface area contributed by atoms with Crippen LogP contribution in [0.3, 0.4) is 0 Å². The molecule has 0 amide bonds. The van der Waals surface area contributed by atoms with E-state index in [1.807, 2.05) is 31.2 Å². The van der Waals surface area contributed by atoms with Gasteiger partial charge < -0.3 is 19.9 Å². The van der Waals surface area contributed by atoms with Crippen LogP contribution >= 0.6 is 0 Å². The molecule has 0 saturated carbocycles. The Labute approximate surface area is 127 Å². The van der Waals surface area contributed by atoms with Crippen molar-refractivity contribution in [3.05, 3.63) is 29.8 Å². The first-order valence-electron chi connectivity index (χ1n) is 7.70. The number of methoxy groups -OCH3 is 1. The third kappa shape index (κ3) is 4.43. The molecule has 1 heterocycles. The fourth-order valence-corrected chi connectivity index (χ4v) is 2.99. The van der Waals surface area contributed by atoms with Crippen LogP contribution in [0.15, 0.2) is 24.3 Å². The standard InChI is InChI=1S/C17H27NO3/c1-11-8-16(9-12(2)20-11)21-17(13(3)18)14-6-5-7-15(10-14)19-4/h5-7,10-13,16-17H,8-9,18H2,1-4H3. The predicted molar refractivity (Wildman–Crippen MR) is 83.5 cm³/mol. The summed E-state index contributed by atoms with van der Waals surface area (Å²) in [5, 5.41) is 0. The molecule has 4 nitrogen and oxygen atoms in total. The van der Waals surface area contributed by atoms with E-state index in [4.69, 9.17) is 19.9 Å². The van der Waals surface area contributed by atoms with Gasteiger partial charge in [0.15, 0.2) is 0 Å². The molecule has 0 radical (unpaired) electrons. The van der Waals surface area contributed by atoms with E-state index < -0.39 is 0 Å². The first-order valence-corrected chi connectivity index (χ1v) is 7.70. The van der Waals surface area contributed by atoms with E-state index in [2.05, 4.69) is 13.8 Å². The highest BCUT2D eigenvalue weighted by molar-refractivity contribution is 5.30. The third-order valence-electron chi connectivity index (χ3n) is 3.89. The summed E-state index contributed by atoms with van der Waals surface area (Å²) in [5.41, 5.74) is 7.22. The highest BCUT2D eigenvalue weighted by Crippen LogP contribution is 2.30. The van der Waals surface area contributed by atoms with Crippen LogP contribution in [0.1, 0.15) is 45.3 Å². The Balaban J connectivity index is 2.11. The van der Waals surface area contributed by atoms with Gasteiger partial charge in [0, 0.05) is 6.04 Å². The fraction of sp³-hybridized carbons (Fsp3) is 0.647. The maximum Gasteiger partial charge on any atom is 0.119 e. The second-order valence-electron chi connectivity index (χ2n) is 6.04. The molecule has 0 aromatic heterocycles. The summed E-state index contributed by atoms with van der Waals surface area (Å²) in [6.07, 6.45) is 2.36. The summed E-state index contributed by atoms with van der Waals surface area (Å²) in [6, 6.07) is 7.87. The summed E-state index contributed by atoms with van der Waals surface area (Å²) < 4.78 is 17.4. The lowest BCUT2D eigenvalue weighted by atomic mass is 9.99. The van der Waals surface area contributed by atoms with Gasteiger partial charge in [-0.15, -0.1) is 0 Å². The molecule has 4 unspecified atom stereocenters. The molecule has 0 spiro atoms. The van der Waals surface area contributed by atoms with E-state index in [0.717, 1.165) is 24.2 Å². The predicted octanol–water partition coefficient (Wildman–Crippen LogP) is 3.06. The van der Waals surface area contributed by atoms with Gasteiger partial charge in [0.05, 0.1) is 31.5 Å². The summed E-state index contributed by atoms with van der Waals surface area (Å²) in [6.45, 7) is 6.17. The summed E-state index contributed by atoms with van der Waals surface area (Å²) in [4.78, 5) is 0. The zero-order valence-electron chi connectivity index (χ0n) is 13.4. The molecule has 1 saturated heterocycles. The van der Waals surface area contributed by atoms with Crippen LogP contribution in [0, 0.1) is 0 Å². The van der Waals surface area contributed by atoms with Gasteiger partial charge in [0.2, 0.25) is 0 Å². The molecule has 0 aliphatic carbocycles. The second kappa shape index (κ2) is 7.25. The molecule has 2 N–H and O–H groups in total. The summed E-state index contributed by atoms with van der Waals surface area (Å²) in [5.74, 6) is 0.829. The van der Waals surface area contributed by atoms with Crippen molar-refractivity contribution < 1.29 is 14.2 Å². The number of hydrogen-bond donors (Lipinski definition) is 1. The van der Waals surface area contributed by atoms with Crippen molar-refractivity contribution in [2.45, 2.75) is 64.1 Å². The van der Waals surface area contributed by atoms with Crippen LogP contribution in [0.5, 0.6) is 5.75 Å². The van der Waals surface area contributed by atoms with Crippen LogP contribution in [0.4, 0.5) is 0 Å². The Morgan fingerprint density at radius 3 is 2.48 bits per heavy atom. The van der Waals surface area contributed by atoms with Gasteiger partial charge in [-0.05, 0) is 51.3 Å². The maximum absolute atomic E-state index is 6.32. The van der Waals surface area contributed by atoms with Crippen molar-refractivity contribution in [2.75, 3.05) is 7.11 Å². The molecule has 4 heteroatoms. The molecule has 0 bridgehead atoms. The van der Waals surface area contributed by atoms with Crippen LogP contribution in [0.2, 0.25) is 0 Å². The van der Waals surface area contributed by atoms with Gasteiger partial charge in [0.25, 0.3) is 0 Å². The quantitative estimate of drug-likeness (QED) is 0.906. The topological polar surface area (TPSA) is 53.7 Å². The molecule has 1 fully saturated rings. The SMILES string of the molecule is COc1cccc(C(OC2CC(C)OC(C)C2)C(C)N)c1. The minimum Gasteiger partial charge on any atom is -0.497 e. The molecule has 2 rings (SSSR count). The molecule has 1 aromatic carbocycles. The van der Waals surface area contributed by atoms with Crippen LogP contribution in [0.25, 0.3) is 0 Å². The number of hydrogen-bond acceptors (Lipinski definition) is 4. The average Bonchev–Trinajstić information content (AvgIpc) is 2.43. The molecular formula is C17H27NO3. The summed E-state index contributed by atoms with van der Waals surface area (Å²) in [7, 11) is 1.67. The van der Waals surface area contributed by atoms with E-state index in [1.54, 1.807) is 7.11 Å². The monoisotopic (exact) mass is 293 g/mol. The van der Waals surface area contributed by atoms with Crippen molar-refractivity contribution in [2.24, 2.45) is 5.73 Å². The van der Waals surface area contributed by atoms with Crippen LogP contribution in [-0.2, 0) is 9.47 Å². The van der Waals surface area contributed by atoms with Crippen LogP contribution < -0.4 is 10.5 Å². The van der Waals surface area contributed by atoms with Gasteiger partial charge in [-0.25, -0.2) is 0 Å². The fourth-order valence-electron chi connectivity index (χ4n) is 2.99. The number of benzene rings is 1. The second-order valence-corrected chi connectivity index (χ2v) is 6.04. The van der Waals surface area contributed by atoms with Crippen LogP contribution in [-0.4, -0.2) is 31.5 Å². The molecule has 1 aromatic rings. The maximum atomic E-state index is 6.32. The van der Waals surface area contributed by atoms with E-state index in [0.29, 0.717) is 0 Å². The van der Waals surface area contributed by atoms with Gasteiger partial charge in [-0.2, -0.15) is 0 Å². The Morgan fingerprint density at radius 1 is 1.24 bits per heavy atom. The number of nitrogens with two attached hydrogens (primary N) is 1. The number of rotatable bonds is 5. The largest absolute Gasteiger partial charge is 0.497 e. The van der Waals surface area contributed by atoms with Gasteiger partial charge in [-0.1, -0.05) is 12.1 Å². The first kappa shape index (κ1) is 16.3. The summed E-state index contributed by atoms with van der Waals surface area (Å²) >= 11 is 0. The van der Waals surface area contributed by atoms with Crippen molar-refractivity contribution in [1.82, 2.24) is 0 Å². The van der Waals surface area contributed by atoms with Crippen molar-refractivity contribution in [3.63, 3.8) is 0 Å². The first-order chi connectivity index (χ1) is 9.99. The lowest BCUT2D eigenvalue weighted by molar-refractivity contribution is -0.126. The molecule has 1 aliphatic rings. The number of ether oxygens (including phenoxy) is 3. The Bertz CT molecular complexity index is 439. The van der Waals surface area contributed by atoms with Crippen molar-refractivity contribution in [1.29, 1.82) is 0 Å². The van der Waals surface area contributed by atoms with Crippen molar-refractivity contribution >= 4 is 0 Å². The molecule has 118 valence electrons. The molecule has 1 aliphatic heterocycles. The molecule has 4 atom stereocenters. The van der Waals surface area contributed by atoms with E-state index in [-0.39, 0.29) is 30.5 Å². The lowest BCUT2D eigenvalue weighted by Gasteiger charge is -2.35. The van der Waals surface area contributed by atoms with E-state index in [1.165, 1.54) is 0 Å². The smallest absolute Gasteiger partial charge is 0.119 e. The third-order valence-corrected chi connectivity index (χ3v) is 3.89. The van der Waals surface area contributed by atoms with Gasteiger partial charge >= 0.3 is 0 Å². The zero-order chi connectivity index (χ0) is 15.4.